The summed E-state index contributed by atoms with van der Waals surface area (Å²) >= 11 is 1.45. The van der Waals surface area contributed by atoms with E-state index in [2.05, 4.69) is 24.0 Å². The highest BCUT2D eigenvalue weighted by atomic mass is 32.1. The predicted molar refractivity (Wildman–Crippen MR) is 64.1 cm³/mol. The SMILES string of the molecule is Cc1ccc(-c2nnc(C(C)C)s2)c(F)c1. The van der Waals surface area contributed by atoms with Crippen molar-refractivity contribution in [1.82, 2.24) is 10.2 Å². The van der Waals surface area contributed by atoms with Crippen LogP contribution < -0.4 is 0 Å². The van der Waals surface area contributed by atoms with Gasteiger partial charge < -0.3 is 0 Å². The molecule has 2 aromatic rings. The van der Waals surface area contributed by atoms with Gasteiger partial charge in [0.05, 0.1) is 0 Å². The Kier molecular flexibility index (Phi) is 3.01. The van der Waals surface area contributed by atoms with Crippen LogP contribution in [0, 0.1) is 12.7 Å². The lowest BCUT2D eigenvalue weighted by atomic mass is 10.1. The molecule has 4 heteroatoms. The van der Waals surface area contributed by atoms with E-state index in [0.717, 1.165) is 10.6 Å². The number of halogens is 1. The molecule has 0 radical (unpaired) electrons. The molecule has 0 saturated heterocycles. The lowest BCUT2D eigenvalue weighted by molar-refractivity contribution is 0.629. The average molecular weight is 236 g/mol. The van der Waals surface area contributed by atoms with Gasteiger partial charge in [-0.05, 0) is 24.6 Å². The Bertz CT molecular complexity index is 505. The van der Waals surface area contributed by atoms with Crippen molar-refractivity contribution < 1.29 is 4.39 Å². The summed E-state index contributed by atoms with van der Waals surface area (Å²) in [6, 6.07) is 5.16. The molecule has 2 nitrogen and oxygen atoms in total. The number of aromatic nitrogens is 2. The van der Waals surface area contributed by atoms with Gasteiger partial charge in [0.1, 0.15) is 10.8 Å². The molecule has 1 aromatic carbocycles. The summed E-state index contributed by atoms with van der Waals surface area (Å²) in [5.41, 5.74) is 1.45. The predicted octanol–water partition coefficient (Wildman–Crippen LogP) is 3.78. The van der Waals surface area contributed by atoms with E-state index >= 15 is 0 Å². The van der Waals surface area contributed by atoms with E-state index in [9.17, 15) is 4.39 Å². The van der Waals surface area contributed by atoms with Gasteiger partial charge in [0.2, 0.25) is 0 Å². The molecule has 0 amide bonds. The molecule has 2 rings (SSSR count). The standard InChI is InChI=1S/C12H13FN2S/c1-7(2)11-14-15-12(16-11)9-5-4-8(3)6-10(9)13/h4-7H,1-3H3. The number of hydrogen-bond acceptors (Lipinski definition) is 3. The summed E-state index contributed by atoms with van der Waals surface area (Å²) in [5.74, 6) is 0.103. The molecular formula is C12H13FN2S. The minimum atomic E-state index is -0.230. The Morgan fingerprint density at radius 3 is 2.56 bits per heavy atom. The third-order valence-corrected chi connectivity index (χ3v) is 3.55. The normalized spacial score (nSPS) is 11.1. The fraction of sp³-hybridized carbons (Fsp3) is 0.333. The molecule has 0 N–H and O–H groups in total. The van der Waals surface area contributed by atoms with Crippen LogP contribution in [0.2, 0.25) is 0 Å². The van der Waals surface area contributed by atoms with Crippen LogP contribution in [0.25, 0.3) is 10.6 Å². The summed E-state index contributed by atoms with van der Waals surface area (Å²) in [6.07, 6.45) is 0. The van der Waals surface area contributed by atoms with Gasteiger partial charge >= 0.3 is 0 Å². The first kappa shape index (κ1) is 11.2. The van der Waals surface area contributed by atoms with Crippen molar-refractivity contribution >= 4 is 11.3 Å². The Morgan fingerprint density at radius 1 is 1.25 bits per heavy atom. The highest BCUT2D eigenvalue weighted by Gasteiger charge is 2.12. The van der Waals surface area contributed by atoms with Crippen LogP contribution in [0.4, 0.5) is 4.39 Å². The zero-order valence-corrected chi connectivity index (χ0v) is 10.3. The topological polar surface area (TPSA) is 25.8 Å². The summed E-state index contributed by atoms with van der Waals surface area (Å²) < 4.78 is 13.7. The summed E-state index contributed by atoms with van der Waals surface area (Å²) in [6.45, 7) is 5.97. The maximum absolute atomic E-state index is 13.7. The highest BCUT2D eigenvalue weighted by Crippen LogP contribution is 2.29. The van der Waals surface area contributed by atoms with Crippen molar-refractivity contribution in [3.8, 4) is 10.6 Å². The lowest BCUT2D eigenvalue weighted by Gasteiger charge is -1.99. The minimum Gasteiger partial charge on any atom is -0.206 e. The second-order valence-corrected chi connectivity index (χ2v) is 5.09. The number of rotatable bonds is 2. The minimum absolute atomic E-state index is 0.230. The van der Waals surface area contributed by atoms with Gasteiger partial charge in [-0.25, -0.2) is 4.39 Å². The van der Waals surface area contributed by atoms with E-state index in [1.165, 1.54) is 17.4 Å². The van der Waals surface area contributed by atoms with Crippen LogP contribution in [-0.2, 0) is 0 Å². The first-order valence-corrected chi connectivity index (χ1v) is 5.99. The van der Waals surface area contributed by atoms with E-state index < -0.39 is 0 Å². The Morgan fingerprint density at radius 2 is 2.00 bits per heavy atom. The van der Waals surface area contributed by atoms with Crippen LogP contribution in [-0.4, -0.2) is 10.2 Å². The molecule has 0 aliphatic rings. The first-order valence-electron chi connectivity index (χ1n) is 5.18. The second kappa shape index (κ2) is 4.29. The van der Waals surface area contributed by atoms with E-state index in [-0.39, 0.29) is 5.82 Å². The molecule has 0 unspecified atom stereocenters. The van der Waals surface area contributed by atoms with Crippen molar-refractivity contribution in [2.75, 3.05) is 0 Å². The van der Waals surface area contributed by atoms with Gasteiger partial charge in [-0.3, -0.25) is 0 Å². The number of benzene rings is 1. The first-order chi connectivity index (χ1) is 7.58. The monoisotopic (exact) mass is 236 g/mol. The van der Waals surface area contributed by atoms with Crippen LogP contribution in [0.1, 0.15) is 30.3 Å². The largest absolute Gasteiger partial charge is 0.206 e. The molecule has 0 bridgehead atoms. The van der Waals surface area contributed by atoms with Crippen LogP contribution >= 0.6 is 11.3 Å². The molecule has 0 fully saturated rings. The molecule has 16 heavy (non-hydrogen) atoms. The van der Waals surface area contributed by atoms with Gasteiger partial charge in [-0.15, -0.1) is 10.2 Å². The van der Waals surface area contributed by atoms with Gasteiger partial charge in [0, 0.05) is 11.5 Å². The van der Waals surface area contributed by atoms with Gasteiger partial charge in [-0.1, -0.05) is 31.3 Å². The van der Waals surface area contributed by atoms with E-state index in [1.807, 2.05) is 13.0 Å². The highest BCUT2D eigenvalue weighted by molar-refractivity contribution is 7.14. The van der Waals surface area contributed by atoms with Gasteiger partial charge in [0.15, 0.2) is 5.01 Å². The van der Waals surface area contributed by atoms with Crippen molar-refractivity contribution in [1.29, 1.82) is 0 Å². The summed E-state index contributed by atoms with van der Waals surface area (Å²) in [5, 5.41) is 9.68. The van der Waals surface area contributed by atoms with Gasteiger partial charge in [0.25, 0.3) is 0 Å². The van der Waals surface area contributed by atoms with E-state index in [0.29, 0.717) is 16.5 Å². The Labute approximate surface area is 98.2 Å². The van der Waals surface area contributed by atoms with Crippen molar-refractivity contribution in [3.05, 3.63) is 34.6 Å². The average Bonchev–Trinajstić information content (AvgIpc) is 2.66. The van der Waals surface area contributed by atoms with Crippen LogP contribution in [0.15, 0.2) is 18.2 Å². The zero-order chi connectivity index (χ0) is 11.7. The molecule has 1 heterocycles. The molecule has 0 saturated carbocycles. The third-order valence-electron chi connectivity index (χ3n) is 2.29. The van der Waals surface area contributed by atoms with Crippen molar-refractivity contribution in [2.45, 2.75) is 26.7 Å². The smallest absolute Gasteiger partial charge is 0.150 e. The molecule has 0 atom stereocenters. The molecule has 1 aromatic heterocycles. The number of hydrogen-bond donors (Lipinski definition) is 0. The maximum atomic E-state index is 13.7. The van der Waals surface area contributed by atoms with Crippen LogP contribution in [0.5, 0.6) is 0 Å². The fourth-order valence-electron chi connectivity index (χ4n) is 1.37. The third kappa shape index (κ3) is 2.11. The molecule has 0 spiro atoms. The Hall–Kier alpha value is -1.29. The lowest BCUT2D eigenvalue weighted by Crippen LogP contribution is -1.85. The molecule has 0 aliphatic heterocycles. The maximum Gasteiger partial charge on any atom is 0.150 e. The Balaban J connectivity index is 2.42. The fourth-order valence-corrected chi connectivity index (χ4v) is 2.24. The molecular weight excluding hydrogens is 223 g/mol. The quantitative estimate of drug-likeness (QED) is 0.793. The second-order valence-electron chi connectivity index (χ2n) is 4.08. The number of aryl methyl sites for hydroxylation is 1. The summed E-state index contributed by atoms with van der Waals surface area (Å²) in [4.78, 5) is 0. The molecule has 0 aliphatic carbocycles. The van der Waals surface area contributed by atoms with Crippen molar-refractivity contribution in [2.24, 2.45) is 0 Å². The summed E-state index contributed by atoms with van der Waals surface area (Å²) in [7, 11) is 0. The van der Waals surface area contributed by atoms with Crippen molar-refractivity contribution in [3.63, 3.8) is 0 Å². The van der Waals surface area contributed by atoms with E-state index in [4.69, 9.17) is 0 Å². The van der Waals surface area contributed by atoms with E-state index in [1.54, 1.807) is 6.07 Å². The van der Waals surface area contributed by atoms with Gasteiger partial charge in [-0.2, -0.15) is 0 Å². The number of nitrogens with zero attached hydrogens (tertiary/aromatic N) is 2. The molecule has 84 valence electrons. The zero-order valence-electron chi connectivity index (χ0n) is 9.49. The van der Waals surface area contributed by atoms with Crippen LogP contribution in [0.3, 0.4) is 0 Å².